The molecular formula is C13H18N2O2. The molecule has 1 atom stereocenters. The van der Waals surface area contributed by atoms with Crippen molar-refractivity contribution in [3.05, 3.63) is 23.8 Å². The molecule has 1 amide bonds. The van der Waals surface area contributed by atoms with Gasteiger partial charge < -0.3 is 15.4 Å². The molecule has 0 saturated carbocycles. The highest BCUT2D eigenvalue weighted by atomic mass is 16.5. The summed E-state index contributed by atoms with van der Waals surface area (Å²) in [5.41, 5.74) is 7.49. The highest BCUT2D eigenvalue weighted by Crippen LogP contribution is 2.37. The van der Waals surface area contributed by atoms with Gasteiger partial charge in [0.25, 0.3) is 5.91 Å². The first kappa shape index (κ1) is 11.9. The smallest absolute Gasteiger partial charge is 0.267 e. The van der Waals surface area contributed by atoms with Crippen LogP contribution in [0.4, 0.5) is 5.69 Å². The molecule has 4 nitrogen and oxygen atoms in total. The molecule has 0 aromatic heterocycles. The maximum atomic E-state index is 12.0. The Morgan fingerprint density at radius 3 is 2.88 bits per heavy atom. The second-order valence-electron chi connectivity index (χ2n) is 4.20. The van der Waals surface area contributed by atoms with E-state index in [9.17, 15) is 4.79 Å². The van der Waals surface area contributed by atoms with E-state index in [0.717, 1.165) is 23.4 Å². The van der Waals surface area contributed by atoms with Crippen LogP contribution in [0.5, 0.6) is 5.75 Å². The molecule has 1 heterocycles. The molecule has 1 unspecified atom stereocenters. The number of aryl methyl sites for hydroxylation is 1. The summed E-state index contributed by atoms with van der Waals surface area (Å²) >= 11 is 0. The second kappa shape index (κ2) is 4.75. The van der Waals surface area contributed by atoms with Gasteiger partial charge in [-0.1, -0.05) is 19.1 Å². The molecule has 92 valence electrons. The number of carbonyl (C=O) groups is 1. The molecule has 1 aliphatic heterocycles. The van der Waals surface area contributed by atoms with E-state index in [2.05, 4.69) is 6.92 Å². The number of nitrogens with zero attached hydrogens (tertiary/aromatic N) is 1. The van der Waals surface area contributed by atoms with Crippen molar-refractivity contribution in [2.45, 2.75) is 25.9 Å². The zero-order valence-corrected chi connectivity index (χ0v) is 10.3. The fourth-order valence-corrected chi connectivity index (χ4v) is 2.11. The van der Waals surface area contributed by atoms with Crippen LogP contribution in [0.25, 0.3) is 0 Å². The lowest BCUT2D eigenvalue weighted by molar-refractivity contribution is -0.126. The number of hydrogen-bond acceptors (Lipinski definition) is 3. The fraction of sp³-hybridized carbons (Fsp3) is 0.462. The monoisotopic (exact) mass is 234 g/mol. The van der Waals surface area contributed by atoms with Gasteiger partial charge in [0.15, 0.2) is 6.10 Å². The van der Waals surface area contributed by atoms with E-state index in [1.165, 1.54) is 0 Å². The average Bonchev–Trinajstić information content (AvgIpc) is 2.35. The quantitative estimate of drug-likeness (QED) is 0.858. The molecule has 0 spiro atoms. The molecular weight excluding hydrogens is 216 g/mol. The van der Waals surface area contributed by atoms with Gasteiger partial charge in [-0.3, -0.25) is 4.79 Å². The van der Waals surface area contributed by atoms with E-state index in [4.69, 9.17) is 10.5 Å². The Hall–Kier alpha value is -1.55. The van der Waals surface area contributed by atoms with Crippen LogP contribution in [0.15, 0.2) is 18.2 Å². The normalized spacial score (nSPS) is 18.9. The summed E-state index contributed by atoms with van der Waals surface area (Å²) in [7, 11) is 1.78. The summed E-state index contributed by atoms with van der Waals surface area (Å²) < 4.78 is 5.81. The number of para-hydroxylation sites is 1. The lowest BCUT2D eigenvalue weighted by Gasteiger charge is -2.33. The van der Waals surface area contributed by atoms with Crippen LogP contribution in [0.3, 0.4) is 0 Å². The van der Waals surface area contributed by atoms with E-state index in [-0.39, 0.29) is 5.91 Å². The van der Waals surface area contributed by atoms with Gasteiger partial charge in [-0.25, -0.2) is 0 Å². The molecule has 2 N–H and O–H groups in total. The molecule has 0 radical (unpaired) electrons. The standard InChI is InChI=1S/C13H18N2O2/c1-3-9-5-4-6-10-12(9)17-11(7-8-14)13(16)15(10)2/h4-6,11H,3,7-8,14H2,1-2H3. The van der Waals surface area contributed by atoms with Crippen LogP contribution in [-0.2, 0) is 11.2 Å². The maximum Gasteiger partial charge on any atom is 0.267 e. The minimum absolute atomic E-state index is 0.0174. The number of nitrogens with two attached hydrogens (primary N) is 1. The molecule has 1 aromatic carbocycles. The molecule has 0 bridgehead atoms. The zero-order chi connectivity index (χ0) is 12.4. The summed E-state index contributed by atoms with van der Waals surface area (Å²) in [4.78, 5) is 13.7. The fourth-order valence-electron chi connectivity index (χ4n) is 2.11. The largest absolute Gasteiger partial charge is 0.478 e. The van der Waals surface area contributed by atoms with Crippen molar-refractivity contribution >= 4 is 11.6 Å². The highest BCUT2D eigenvalue weighted by Gasteiger charge is 2.32. The Labute approximate surface area is 101 Å². The van der Waals surface area contributed by atoms with Crippen LogP contribution >= 0.6 is 0 Å². The van der Waals surface area contributed by atoms with E-state index in [1.54, 1.807) is 11.9 Å². The van der Waals surface area contributed by atoms with Gasteiger partial charge >= 0.3 is 0 Å². The number of benzene rings is 1. The van der Waals surface area contributed by atoms with Crippen LogP contribution in [0.1, 0.15) is 18.9 Å². The third-order valence-electron chi connectivity index (χ3n) is 3.11. The summed E-state index contributed by atoms with van der Waals surface area (Å²) in [6.07, 6.45) is 1.01. The Balaban J connectivity index is 2.42. The first-order valence-electron chi connectivity index (χ1n) is 5.95. The van der Waals surface area contributed by atoms with Crippen molar-refractivity contribution in [3.63, 3.8) is 0 Å². The van der Waals surface area contributed by atoms with Gasteiger partial charge in [-0.2, -0.15) is 0 Å². The number of carbonyl (C=O) groups excluding carboxylic acids is 1. The summed E-state index contributed by atoms with van der Waals surface area (Å²) in [6.45, 7) is 2.53. The molecule has 17 heavy (non-hydrogen) atoms. The van der Waals surface area contributed by atoms with Gasteiger partial charge in [0.05, 0.1) is 5.69 Å². The Morgan fingerprint density at radius 1 is 1.47 bits per heavy atom. The molecule has 0 saturated heterocycles. The third kappa shape index (κ3) is 2.00. The SMILES string of the molecule is CCc1cccc2c1OC(CCN)C(=O)N2C. The van der Waals surface area contributed by atoms with Crippen molar-refractivity contribution in [3.8, 4) is 5.75 Å². The first-order valence-corrected chi connectivity index (χ1v) is 5.95. The van der Waals surface area contributed by atoms with E-state index in [0.29, 0.717) is 13.0 Å². The first-order chi connectivity index (χ1) is 8.19. The predicted octanol–water partition coefficient (Wildman–Crippen LogP) is 1.32. The molecule has 4 heteroatoms. The predicted molar refractivity (Wildman–Crippen MR) is 67.3 cm³/mol. The van der Waals surface area contributed by atoms with Crippen molar-refractivity contribution in [2.24, 2.45) is 5.73 Å². The minimum atomic E-state index is -0.440. The molecule has 0 fully saturated rings. The maximum absolute atomic E-state index is 12.0. The lowest BCUT2D eigenvalue weighted by atomic mass is 10.1. The Kier molecular flexibility index (Phi) is 3.33. The summed E-state index contributed by atoms with van der Waals surface area (Å²) in [6, 6.07) is 5.89. The molecule has 2 rings (SSSR count). The third-order valence-corrected chi connectivity index (χ3v) is 3.11. The van der Waals surface area contributed by atoms with Gasteiger partial charge in [0.2, 0.25) is 0 Å². The van der Waals surface area contributed by atoms with E-state index < -0.39 is 6.10 Å². The Morgan fingerprint density at radius 2 is 2.24 bits per heavy atom. The number of likely N-dealkylation sites (N-methyl/N-ethyl adjacent to an activating group) is 1. The van der Waals surface area contributed by atoms with Crippen molar-refractivity contribution in [1.82, 2.24) is 0 Å². The van der Waals surface area contributed by atoms with Crippen LogP contribution < -0.4 is 15.4 Å². The van der Waals surface area contributed by atoms with Crippen LogP contribution in [0.2, 0.25) is 0 Å². The van der Waals surface area contributed by atoms with Gasteiger partial charge in [-0.05, 0) is 24.6 Å². The lowest BCUT2D eigenvalue weighted by Crippen LogP contribution is -2.44. The highest BCUT2D eigenvalue weighted by molar-refractivity contribution is 5.99. The molecule has 0 aliphatic carbocycles. The number of hydrogen-bond donors (Lipinski definition) is 1. The average molecular weight is 234 g/mol. The number of amides is 1. The van der Waals surface area contributed by atoms with Crippen LogP contribution in [-0.4, -0.2) is 25.6 Å². The topological polar surface area (TPSA) is 55.6 Å². The van der Waals surface area contributed by atoms with Crippen molar-refractivity contribution in [1.29, 1.82) is 0 Å². The number of anilines is 1. The van der Waals surface area contributed by atoms with Gasteiger partial charge in [0.1, 0.15) is 5.75 Å². The minimum Gasteiger partial charge on any atom is -0.478 e. The summed E-state index contributed by atoms with van der Waals surface area (Å²) in [5.74, 6) is 0.812. The summed E-state index contributed by atoms with van der Waals surface area (Å²) in [5, 5.41) is 0. The molecule has 1 aromatic rings. The Bertz CT molecular complexity index is 431. The van der Waals surface area contributed by atoms with Gasteiger partial charge in [0, 0.05) is 13.5 Å². The number of ether oxygens (including phenoxy) is 1. The van der Waals surface area contributed by atoms with Gasteiger partial charge in [-0.15, -0.1) is 0 Å². The number of fused-ring (bicyclic) bond motifs is 1. The molecule has 1 aliphatic rings. The van der Waals surface area contributed by atoms with E-state index >= 15 is 0 Å². The van der Waals surface area contributed by atoms with E-state index in [1.807, 2.05) is 18.2 Å². The van der Waals surface area contributed by atoms with Crippen molar-refractivity contribution < 1.29 is 9.53 Å². The second-order valence-corrected chi connectivity index (χ2v) is 4.20. The number of rotatable bonds is 3. The van der Waals surface area contributed by atoms with Crippen molar-refractivity contribution in [2.75, 3.05) is 18.5 Å². The zero-order valence-electron chi connectivity index (χ0n) is 10.3. The van der Waals surface area contributed by atoms with Crippen LogP contribution in [0, 0.1) is 0 Å².